The van der Waals surface area contributed by atoms with Crippen LogP contribution in [-0.2, 0) is 4.79 Å². The van der Waals surface area contributed by atoms with Crippen molar-refractivity contribution in [3.8, 4) is 11.5 Å². The fraction of sp³-hybridized carbons (Fsp3) is 0.143. The van der Waals surface area contributed by atoms with Crippen LogP contribution in [0.15, 0.2) is 53.4 Å². The quantitative estimate of drug-likeness (QED) is 0.435. The van der Waals surface area contributed by atoms with Crippen LogP contribution in [0.5, 0.6) is 0 Å². The highest BCUT2D eigenvalue weighted by molar-refractivity contribution is 7.07. The number of benzene rings is 2. The lowest BCUT2D eigenvalue weighted by Gasteiger charge is -2.18. The fourth-order valence-electron chi connectivity index (χ4n) is 3.07. The van der Waals surface area contributed by atoms with E-state index in [9.17, 15) is 22.8 Å². The summed E-state index contributed by atoms with van der Waals surface area (Å²) in [6.45, 7) is 1.90. The van der Waals surface area contributed by atoms with E-state index >= 15 is 0 Å². The Hall–Kier alpha value is -3.93. The van der Waals surface area contributed by atoms with E-state index in [2.05, 4.69) is 20.1 Å². The Morgan fingerprint density at radius 3 is 2.67 bits per heavy atom. The minimum Gasteiger partial charge on any atom is -0.307 e. The van der Waals surface area contributed by atoms with Gasteiger partial charge in [-0.1, -0.05) is 12.1 Å². The standard InChI is InChI=1S/C21H16F3N5O3S/c1-12-4-3-5-14(8-12)28(2)20(31)26-13-6-7-15-17(9-13)29(32-19(30)21(22,23)24)18(27-15)16-10-33-11-25-16/h3-11H,1-2H3,(H,26,31)/p+1. The van der Waals surface area contributed by atoms with Crippen molar-refractivity contribution in [3.63, 3.8) is 0 Å². The third-order valence-corrected chi connectivity index (χ3v) is 5.28. The molecule has 12 heteroatoms. The number of aromatic nitrogens is 3. The molecule has 0 unspecified atom stereocenters. The number of H-pyrrole nitrogens is 1. The smallest absolute Gasteiger partial charge is 0.307 e. The summed E-state index contributed by atoms with van der Waals surface area (Å²) < 4.78 is 39.3. The molecule has 0 saturated heterocycles. The van der Waals surface area contributed by atoms with Crippen molar-refractivity contribution in [2.75, 3.05) is 17.3 Å². The molecule has 0 aliphatic rings. The number of nitrogens with zero attached hydrogens (tertiary/aromatic N) is 3. The highest BCUT2D eigenvalue weighted by atomic mass is 32.1. The Kier molecular flexibility index (Phi) is 5.77. The summed E-state index contributed by atoms with van der Waals surface area (Å²) in [4.78, 5) is 37.3. The normalized spacial score (nSPS) is 11.4. The molecule has 2 aromatic heterocycles. The molecule has 4 aromatic rings. The van der Waals surface area contributed by atoms with E-state index in [0.717, 1.165) is 10.3 Å². The van der Waals surface area contributed by atoms with Crippen molar-refractivity contribution in [3.05, 3.63) is 58.9 Å². The second-order valence-electron chi connectivity index (χ2n) is 7.08. The molecule has 2 N–H and O–H groups in total. The summed E-state index contributed by atoms with van der Waals surface area (Å²) in [5, 5.41) is 4.28. The zero-order valence-corrected chi connectivity index (χ0v) is 18.1. The Balaban J connectivity index is 1.69. The molecule has 2 aromatic carbocycles. The molecular weight excluding hydrogens is 459 g/mol. The molecule has 2 amide bonds. The summed E-state index contributed by atoms with van der Waals surface area (Å²) in [7, 11) is 1.59. The van der Waals surface area contributed by atoms with E-state index in [0.29, 0.717) is 11.2 Å². The molecule has 0 saturated carbocycles. The Bertz CT molecular complexity index is 1330. The van der Waals surface area contributed by atoms with E-state index < -0.39 is 18.2 Å². The molecule has 0 aliphatic carbocycles. The van der Waals surface area contributed by atoms with Crippen LogP contribution in [-0.4, -0.2) is 35.2 Å². The van der Waals surface area contributed by atoms with Gasteiger partial charge in [0.1, 0.15) is 0 Å². The van der Waals surface area contributed by atoms with E-state index in [-0.39, 0.29) is 22.7 Å². The van der Waals surface area contributed by atoms with Gasteiger partial charge in [0.15, 0.2) is 11.2 Å². The summed E-state index contributed by atoms with van der Waals surface area (Å²) in [5.41, 5.74) is 4.18. The van der Waals surface area contributed by atoms with E-state index in [1.165, 1.54) is 27.8 Å². The molecule has 4 rings (SSSR count). The largest absolute Gasteiger partial charge is 0.495 e. The highest BCUT2D eigenvalue weighted by Gasteiger charge is 2.44. The number of thiazole rings is 1. The van der Waals surface area contributed by atoms with Crippen molar-refractivity contribution in [1.82, 2.24) is 9.97 Å². The summed E-state index contributed by atoms with van der Waals surface area (Å²) >= 11 is 1.22. The van der Waals surface area contributed by atoms with Gasteiger partial charge in [-0.25, -0.2) is 24.4 Å². The molecule has 33 heavy (non-hydrogen) atoms. The van der Waals surface area contributed by atoms with Crippen LogP contribution in [0.4, 0.5) is 29.3 Å². The van der Waals surface area contributed by atoms with Crippen molar-refractivity contribution in [2.45, 2.75) is 13.1 Å². The number of nitrogens with one attached hydrogen (secondary N) is 2. The minimum absolute atomic E-state index is 0.0456. The molecule has 8 nitrogen and oxygen atoms in total. The first-order chi connectivity index (χ1) is 15.6. The van der Waals surface area contributed by atoms with Gasteiger partial charge in [0.25, 0.3) is 0 Å². The van der Waals surface area contributed by atoms with Gasteiger partial charge in [-0.05, 0) is 41.5 Å². The molecular formula is C21H17F3N5O3S+. The number of urea groups is 1. The lowest BCUT2D eigenvalue weighted by atomic mass is 10.2. The minimum atomic E-state index is -5.20. The predicted octanol–water partition coefficient (Wildman–Crippen LogP) is 4.07. The van der Waals surface area contributed by atoms with Crippen molar-refractivity contribution in [2.24, 2.45) is 0 Å². The molecule has 170 valence electrons. The maximum Gasteiger partial charge on any atom is 0.495 e. The third kappa shape index (κ3) is 4.65. The van der Waals surface area contributed by atoms with Crippen LogP contribution in [0.1, 0.15) is 5.56 Å². The zero-order valence-electron chi connectivity index (χ0n) is 17.3. The number of carbonyl (C=O) groups excluding carboxylic acids is 2. The van der Waals surface area contributed by atoms with Gasteiger partial charge in [0, 0.05) is 29.9 Å². The maximum atomic E-state index is 12.9. The first-order valence-corrected chi connectivity index (χ1v) is 10.4. The number of alkyl halides is 3. The Labute approximate surface area is 189 Å². The topological polar surface area (TPSA) is 91.2 Å². The fourth-order valence-corrected chi connectivity index (χ4v) is 3.61. The van der Waals surface area contributed by atoms with Gasteiger partial charge in [0.05, 0.1) is 5.51 Å². The Morgan fingerprint density at radius 1 is 1.21 bits per heavy atom. The molecule has 0 radical (unpaired) electrons. The van der Waals surface area contributed by atoms with E-state index in [4.69, 9.17) is 0 Å². The number of carbonyl (C=O) groups is 2. The molecule has 0 fully saturated rings. The van der Waals surface area contributed by atoms with Crippen LogP contribution in [0.3, 0.4) is 0 Å². The predicted molar refractivity (Wildman–Crippen MR) is 116 cm³/mol. The number of aromatic amines is 1. The van der Waals surface area contributed by atoms with Crippen LogP contribution in [0, 0.1) is 6.92 Å². The van der Waals surface area contributed by atoms with Gasteiger partial charge in [-0.2, -0.15) is 13.2 Å². The monoisotopic (exact) mass is 476 g/mol. The van der Waals surface area contributed by atoms with Gasteiger partial charge in [-0.15, -0.1) is 11.3 Å². The van der Waals surface area contributed by atoms with Crippen molar-refractivity contribution >= 4 is 45.7 Å². The van der Waals surface area contributed by atoms with Gasteiger partial charge >= 0.3 is 24.0 Å². The zero-order chi connectivity index (χ0) is 23.8. The van der Waals surface area contributed by atoms with Crippen LogP contribution in [0.2, 0.25) is 0 Å². The number of aryl methyl sites for hydroxylation is 1. The number of fused-ring (bicyclic) bond motifs is 1. The van der Waals surface area contributed by atoms with Gasteiger partial charge in [-0.3, -0.25) is 4.90 Å². The average Bonchev–Trinajstić information content (AvgIpc) is 3.41. The summed E-state index contributed by atoms with van der Waals surface area (Å²) in [6, 6.07) is 11.4. The number of hydrogen-bond donors (Lipinski definition) is 2. The number of anilines is 2. The first-order valence-electron chi connectivity index (χ1n) is 9.50. The van der Waals surface area contributed by atoms with Crippen LogP contribution < -0.4 is 19.8 Å². The molecule has 0 spiro atoms. The highest BCUT2D eigenvalue weighted by Crippen LogP contribution is 2.23. The summed E-state index contributed by atoms with van der Waals surface area (Å²) in [5.74, 6) is -2.34. The van der Waals surface area contributed by atoms with Gasteiger partial charge in [0.2, 0.25) is 5.52 Å². The molecule has 0 aliphatic heterocycles. The Morgan fingerprint density at radius 2 is 2.00 bits per heavy atom. The van der Waals surface area contributed by atoms with Crippen LogP contribution >= 0.6 is 11.3 Å². The van der Waals surface area contributed by atoms with Crippen LogP contribution in [0.25, 0.3) is 22.6 Å². The lowest BCUT2D eigenvalue weighted by Crippen LogP contribution is -2.51. The first kappa shape index (κ1) is 22.3. The second kappa shape index (κ2) is 8.54. The molecule has 0 atom stereocenters. The molecule has 2 heterocycles. The van der Waals surface area contributed by atoms with Crippen molar-refractivity contribution < 1.29 is 32.3 Å². The number of hydrogen-bond acceptors (Lipinski definition) is 5. The maximum absolute atomic E-state index is 12.9. The average molecular weight is 476 g/mol. The molecule has 0 bridgehead atoms. The number of amides is 2. The number of halogens is 3. The SMILES string of the molecule is Cc1cccc(N(C)C(=O)Nc2ccc3[nH]c(-c4cscn4)[n+](OC(=O)C(F)(F)F)c3c2)c1. The number of rotatable bonds is 4. The number of imidazole rings is 1. The second-order valence-corrected chi connectivity index (χ2v) is 7.80. The third-order valence-electron chi connectivity index (χ3n) is 4.70. The van der Waals surface area contributed by atoms with Crippen molar-refractivity contribution in [1.29, 1.82) is 0 Å². The summed E-state index contributed by atoms with van der Waals surface area (Å²) in [6.07, 6.45) is -5.20. The van der Waals surface area contributed by atoms with E-state index in [1.54, 1.807) is 30.6 Å². The van der Waals surface area contributed by atoms with Gasteiger partial charge < -0.3 is 5.32 Å². The lowest BCUT2D eigenvalue weighted by molar-refractivity contribution is -0.841. The van der Waals surface area contributed by atoms with E-state index in [1.807, 2.05) is 25.1 Å².